The number of nitrogens with zero attached hydrogens (tertiary/aromatic N) is 3. The monoisotopic (exact) mass is 300 g/mol. The van der Waals surface area contributed by atoms with Crippen molar-refractivity contribution < 1.29 is 0 Å². The van der Waals surface area contributed by atoms with Gasteiger partial charge in [0.2, 0.25) is 0 Å². The number of pyridine rings is 1. The molecule has 0 saturated heterocycles. The Bertz CT molecular complexity index is 568. The molecule has 120 valence electrons. The summed E-state index contributed by atoms with van der Waals surface area (Å²) in [7, 11) is 0. The molecule has 0 spiro atoms. The lowest BCUT2D eigenvalue weighted by atomic mass is 9.92. The molecule has 0 radical (unpaired) electrons. The van der Waals surface area contributed by atoms with Crippen LogP contribution in [-0.4, -0.2) is 26.1 Å². The molecule has 1 atom stereocenters. The minimum atomic E-state index is 0.0844. The summed E-state index contributed by atoms with van der Waals surface area (Å²) >= 11 is 0. The Morgan fingerprint density at radius 3 is 2.41 bits per heavy atom. The van der Waals surface area contributed by atoms with Crippen LogP contribution in [0, 0.1) is 0 Å². The quantitative estimate of drug-likeness (QED) is 0.880. The number of aromatic amines is 1. The van der Waals surface area contributed by atoms with E-state index in [0.29, 0.717) is 6.04 Å². The van der Waals surface area contributed by atoms with Gasteiger partial charge in [0.05, 0.1) is 5.69 Å². The van der Waals surface area contributed by atoms with E-state index < -0.39 is 0 Å². The predicted molar refractivity (Wildman–Crippen MR) is 90.5 cm³/mol. The fourth-order valence-electron chi connectivity index (χ4n) is 2.39. The first-order valence-electron chi connectivity index (χ1n) is 8.08. The van der Waals surface area contributed by atoms with Crippen LogP contribution in [0.4, 0.5) is 0 Å². The van der Waals surface area contributed by atoms with Crippen molar-refractivity contribution in [3.05, 3.63) is 47.5 Å². The Hall–Kier alpha value is -1.68. The molecule has 0 unspecified atom stereocenters. The summed E-state index contributed by atoms with van der Waals surface area (Å²) in [5.74, 6) is 0. The zero-order valence-electron chi connectivity index (χ0n) is 14.4. The van der Waals surface area contributed by atoms with Gasteiger partial charge < -0.3 is 0 Å². The average molecular weight is 300 g/mol. The first-order chi connectivity index (χ1) is 10.4. The summed E-state index contributed by atoms with van der Waals surface area (Å²) in [6.45, 7) is 12.9. The maximum absolute atomic E-state index is 4.47. The van der Waals surface area contributed by atoms with E-state index in [0.717, 1.165) is 25.2 Å². The molecule has 2 heterocycles. The summed E-state index contributed by atoms with van der Waals surface area (Å²) < 4.78 is 0. The Morgan fingerprint density at radius 2 is 1.86 bits per heavy atom. The fourth-order valence-corrected chi connectivity index (χ4v) is 2.39. The number of rotatable bonds is 6. The zero-order valence-corrected chi connectivity index (χ0v) is 14.4. The molecule has 0 fully saturated rings. The Kier molecular flexibility index (Phi) is 5.35. The van der Waals surface area contributed by atoms with Gasteiger partial charge in [0, 0.05) is 42.6 Å². The van der Waals surface area contributed by atoms with Crippen molar-refractivity contribution in [2.75, 3.05) is 0 Å². The van der Waals surface area contributed by atoms with E-state index >= 15 is 0 Å². The highest BCUT2D eigenvalue weighted by Gasteiger charge is 2.19. The minimum absolute atomic E-state index is 0.0844. The molecule has 0 aliphatic carbocycles. The normalized spacial score (nSPS) is 13.5. The number of H-pyrrole nitrogens is 1. The highest BCUT2D eigenvalue weighted by molar-refractivity contribution is 5.17. The van der Waals surface area contributed by atoms with Crippen molar-refractivity contribution in [2.24, 2.45) is 0 Å². The second-order valence-electron chi connectivity index (χ2n) is 7.05. The van der Waals surface area contributed by atoms with E-state index in [1.807, 2.05) is 12.4 Å². The van der Waals surface area contributed by atoms with Crippen LogP contribution in [0.5, 0.6) is 0 Å². The van der Waals surface area contributed by atoms with E-state index in [2.05, 4.69) is 72.9 Å². The molecule has 0 aromatic carbocycles. The van der Waals surface area contributed by atoms with Gasteiger partial charge in [-0.1, -0.05) is 27.7 Å². The molecule has 0 aliphatic heterocycles. The highest BCUT2D eigenvalue weighted by Crippen LogP contribution is 2.21. The van der Waals surface area contributed by atoms with E-state index in [9.17, 15) is 0 Å². The Morgan fingerprint density at radius 1 is 1.18 bits per heavy atom. The SMILES string of the molecule is CC[C@H](C)N(Cc1ccncc1)Cc1cc(C(C)(C)C)n[nH]1. The molecule has 0 saturated carbocycles. The summed E-state index contributed by atoms with van der Waals surface area (Å²) in [6.07, 6.45) is 4.85. The molecule has 0 aliphatic rings. The lowest BCUT2D eigenvalue weighted by molar-refractivity contribution is 0.184. The number of hydrogen-bond donors (Lipinski definition) is 1. The van der Waals surface area contributed by atoms with Gasteiger partial charge in [-0.25, -0.2) is 0 Å². The topological polar surface area (TPSA) is 44.8 Å². The van der Waals surface area contributed by atoms with Crippen molar-refractivity contribution in [3.8, 4) is 0 Å². The molecule has 2 rings (SSSR count). The van der Waals surface area contributed by atoms with E-state index in [1.54, 1.807) is 0 Å². The minimum Gasteiger partial charge on any atom is -0.291 e. The van der Waals surface area contributed by atoms with Crippen LogP contribution in [-0.2, 0) is 18.5 Å². The molecule has 4 heteroatoms. The molecule has 0 bridgehead atoms. The van der Waals surface area contributed by atoms with Crippen LogP contribution in [0.15, 0.2) is 30.6 Å². The van der Waals surface area contributed by atoms with Crippen LogP contribution < -0.4 is 0 Å². The van der Waals surface area contributed by atoms with Crippen LogP contribution in [0.3, 0.4) is 0 Å². The van der Waals surface area contributed by atoms with Crippen LogP contribution in [0.2, 0.25) is 0 Å². The van der Waals surface area contributed by atoms with Gasteiger partial charge in [0.15, 0.2) is 0 Å². The lowest BCUT2D eigenvalue weighted by Crippen LogP contribution is -2.31. The largest absolute Gasteiger partial charge is 0.291 e. The van der Waals surface area contributed by atoms with Gasteiger partial charge in [0.25, 0.3) is 0 Å². The van der Waals surface area contributed by atoms with Gasteiger partial charge in [-0.05, 0) is 37.1 Å². The first-order valence-corrected chi connectivity index (χ1v) is 8.08. The average Bonchev–Trinajstić information content (AvgIpc) is 2.95. The third-order valence-electron chi connectivity index (χ3n) is 4.12. The molecule has 4 nitrogen and oxygen atoms in total. The molecular weight excluding hydrogens is 272 g/mol. The van der Waals surface area contributed by atoms with E-state index in [4.69, 9.17) is 0 Å². The molecular formula is C18H28N4. The third-order valence-corrected chi connectivity index (χ3v) is 4.12. The van der Waals surface area contributed by atoms with Crippen molar-refractivity contribution in [3.63, 3.8) is 0 Å². The van der Waals surface area contributed by atoms with Gasteiger partial charge >= 0.3 is 0 Å². The Balaban J connectivity index is 2.11. The summed E-state index contributed by atoms with van der Waals surface area (Å²) in [5, 5.41) is 7.67. The maximum Gasteiger partial charge on any atom is 0.0678 e. The second-order valence-corrected chi connectivity index (χ2v) is 7.05. The Labute approximate surface area is 134 Å². The van der Waals surface area contributed by atoms with Gasteiger partial charge in [0.1, 0.15) is 0 Å². The fraction of sp³-hybridized carbons (Fsp3) is 0.556. The summed E-state index contributed by atoms with van der Waals surface area (Å²) in [4.78, 5) is 6.58. The van der Waals surface area contributed by atoms with Crippen molar-refractivity contribution in [2.45, 2.75) is 65.6 Å². The van der Waals surface area contributed by atoms with Gasteiger partial charge in [-0.3, -0.25) is 15.0 Å². The van der Waals surface area contributed by atoms with Crippen LogP contribution >= 0.6 is 0 Å². The molecule has 2 aromatic heterocycles. The molecule has 0 amide bonds. The maximum atomic E-state index is 4.47. The zero-order chi connectivity index (χ0) is 16.2. The standard InChI is InChI=1S/C18H28N4/c1-6-14(2)22(12-15-7-9-19-10-8-15)13-16-11-17(21-20-16)18(3,4)5/h7-11,14H,6,12-13H2,1-5H3,(H,20,21)/t14-/m0/s1. The number of aromatic nitrogens is 3. The smallest absolute Gasteiger partial charge is 0.0678 e. The molecule has 22 heavy (non-hydrogen) atoms. The third kappa shape index (κ3) is 4.41. The van der Waals surface area contributed by atoms with Crippen LogP contribution in [0.1, 0.15) is 58.0 Å². The summed E-state index contributed by atoms with van der Waals surface area (Å²) in [6, 6.07) is 6.89. The van der Waals surface area contributed by atoms with Crippen LogP contribution in [0.25, 0.3) is 0 Å². The van der Waals surface area contributed by atoms with E-state index in [-0.39, 0.29) is 5.41 Å². The second kappa shape index (κ2) is 7.05. The lowest BCUT2D eigenvalue weighted by Gasteiger charge is -2.27. The van der Waals surface area contributed by atoms with E-state index in [1.165, 1.54) is 11.3 Å². The van der Waals surface area contributed by atoms with Gasteiger partial charge in [-0.2, -0.15) is 5.10 Å². The van der Waals surface area contributed by atoms with Crippen molar-refractivity contribution in [1.29, 1.82) is 0 Å². The highest BCUT2D eigenvalue weighted by atomic mass is 15.2. The first kappa shape index (κ1) is 16.7. The van der Waals surface area contributed by atoms with Crippen molar-refractivity contribution >= 4 is 0 Å². The van der Waals surface area contributed by atoms with Crippen molar-refractivity contribution in [1.82, 2.24) is 20.1 Å². The molecule has 1 N–H and O–H groups in total. The molecule has 2 aromatic rings. The van der Waals surface area contributed by atoms with Gasteiger partial charge in [-0.15, -0.1) is 0 Å². The number of hydrogen-bond acceptors (Lipinski definition) is 3. The number of nitrogens with one attached hydrogen (secondary N) is 1. The predicted octanol–water partition coefficient (Wildman–Crippen LogP) is 3.90. The summed E-state index contributed by atoms with van der Waals surface area (Å²) in [5.41, 5.74) is 3.68.